The fourth-order valence-electron chi connectivity index (χ4n) is 2.84. The highest BCUT2D eigenvalue weighted by molar-refractivity contribution is 5.98. The van der Waals surface area contributed by atoms with Crippen molar-refractivity contribution in [1.29, 1.82) is 0 Å². The minimum atomic E-state index is -0.491. The van der Waals surface area contributed by atoms with Gasteiger partial charge in [-0.3, -0.25) is 9.59 Å². The van der Waals surface area contributed by atoms with E-state index in [2.05, 4.69) is 10.6 Å². The molecule has 5 nitrogen and oxygen atoms in total. The zero-order valence-electron chi connectivity index (χ0n) is 15.6. The quantitative estimate of drug-likeness (QED) is 0.753. The van der Waals surface area contributed by atoms with Gasteiger partial charge in [0.05, 0.1) is 5.56 Å². The van der Waals surface area contributed by atoms with E-state index in [1.807, 2.05) is 13.8 Å². The number of carbonyl (C=O) groups is 2. The minimum absolute atomic E-state index is 0.0606. The third-order valence-electron chi connectivity index (χ3n) is 4.49. The van der Waals surface area contributed by atoms with E-state index in [4.69, 9.17) is 0 Å². The monoisotopic (exact) mass is 370 g/mol. The molecule has 1 aliphatic carbocycles. The van der Waals surface area contributed by atoms with Gasteiger partial charge in [0.2, 0.25) is 0 Å². The maximum Gasteiger partial charge on any atom is 0.255 e. The van der Waals surface area contributed by atoms with Crippen molar-refractivity contribution in [2.75, 3.05) is 0 Å². The molecule has 0 aromatic heterocycles. The number of rotatable bonds is 5. The molecule has 3 rings (SSSR count). The van der Waals surface area contributed by atoms with Crippen molar-refractivity contribution >= 4 is 11.8 Å². The second-order valence-corrected chi connectivity index (χ2v) is 7.24. The van der Waals surface area contributed by atoms with Gasteiger partial charge < -0.3 is 15.7 Å². The Morgan fingerprint density at radius 1 is 1.15 bits per heavy atom. The van der Waals surface area contributed by atoms with Crippen LogP contribution in [0.2, 0.25) is 0 Å². The molecule has 2 aromatic rings. The smallest absolute Gasteiger partial charge is 0.255 e. The third-order valence-corrected chi connectivity index (χ3v) is 4.49. The maximum atomic E-state index is 14.4. The summed E-state index contributed by atoms with van der Waals surface area (Å²) < 4.78 is 14.4. The van der Waals surface area contributed by atoms with Gasteiger partial charge in [-0.15, -0.1) is 0 Å². The first-order valence-electron chi connectivity index (χ1n) is 9.01. The van der Waals surface area contributed by atoms with Gasteiger partial charge >= 0.3 is 0 Å². The lowest BCUT2D eigenvalue weighted by molar-refractivity contribution is 0.0935. The molecule has 0 aliphatic heterocycles. The third kappa shape index (κ3) is 4.27. The second kappa shape index (κ2) is 7.39. The van der Waals surface area contributed by atoms with Crippen LogP contribution in [0.5, 0.6) is 5.75 Å². The van der Waals surface area contributed by atoms with Crippen LogP contribution in [-0.4, -0.2) is 29.0 Å². The summed E-state index contributed by atoms with van der Waals surface area (Å²) in [6.07, 6.45) is 1.89. The molecule has 2 amide bonds. The molecule has 0 saturated heterocycles. The minimum Gasteiger partial charge on any atom is -0.507 e. The van der Waals surface area contributed by atoms with E-state index < -0.39 is 5.82 Å². The van der Waals surface area contributed by atoms with Gasteiger partial charge in [0.1, 0.15) is 11.6 Å². The van der Waals surface area contributed by atoms with Gasteiger partial charge in [0.15, 0.2) is 0 Å². The van der Waals surface area contributed by atoms with Crippen molar-refractivity contribution in [2.45, 2.75) is 45.7 Å². The molecule has 0 spiro atoms. The summed E-state index contributed by atoms with van der Waals surface area (Å²) in [7, 11) is 0. The van der Waals surface area contributed by atoms with Crippen LogP contribution in [0.25, 0.3) is 11.1 Å². The van der Waals surface area contributed by atoms with Gasteiger partial charge in [-0.1, -0.05) is 6.07 Å². The number of amides is 2. The van der Waals surface area contributed by atoms with Gasteiger partial charge in [-0.05, 0) is 74.6 Å². The Labute approximate surface area is 157 Å². The van der Waals surface area contributed by atoms with Gasteiger partial charge in [0.25, 0.3) is 11.8 Å². The molecule has 1 aliphatic rings. The lowest BCUT2D eigenvalue weighted by atomic mass is 9.96. The lowest BCUT2D eigenvalue weighted by Gasteiger charge is -2.13. The number of halogens is 1. The molecule has 142 valence electrons. The molecule has 0 radical (unpaired) electrons. The van der Waals surface area contributed by atoms with E-state index in [0.717, 1.165) is 12.8 Å². The first kappa shape index (κ1) is 18.9. The molecule has 2 aromatic carbocycles. The SMILES string of the molecule is Cc1c(F)cc(C(=O)NC2CC2)cc1-c1ccc(C(=O)NC(C)C)c(O)c1. The summed E-state index contributed by atoms with van der Waals surface area (Å²) in [4.78, 5) is 24.4. The summed E-state index contributed by atoms with van der Waals surface area (Å²) in [6.45, 7) is 5.27. The van der Waals surface area contributed by atoms with Crippen LogP contribution in [0.1, 0.15) is 53.0 Å². The number of aromatic hydroxyl groups is 1. The highest BCUT2D eigenvalue weighted by atomic mass is 19.1. The second-order valence-electron chi connectivity index (χ2n) is 7.24. The summed E-state index contributed by atoms with van der Waals surface area (Å²) in [5.41, 5.74) is 1.79. The Balaban J connectivity index is 1.95. The Morgan fingerprint density at radius 2 is 1.85 bits per heavy atom. The van der Waals surface area contributed by atoms with Crippen molar-refractivity contribution in [3.05, 3.63) is 52.8 Å². The average molecular weight is 370 g/mol. The number of hydrogen-bond acceptors (Lipinski definition) is 3. The predicted molar refractivity (Wildman–Crippen MR) is 101 cm³/mol. The summed E-state index contributed by atoms with van der Waals surface area (Å²) >= 11 is 0. The fourth-order valence-corrected chi connectivity index (χ4v) is 2.84. The summed E-state index contributed by atoms with van der Waals surface area (Å²) in [6, 6.07) is 7.50. The molecule has 0 bridgehead atoms. The molecule has 6 heteroatoms. The Bertz CT molecular complexity index is 905. The lowest BCUT2D eigenvalue weighted by Crippen LogP contribution is -2.30. The van der Waals surface area contributed by atoms with Crippen LogP contribution >= 0.6 is 0 Å². The zero-order chi connectivity index (χ0) is 19.7. The standard InChI is InChI=1S/C21H23FN2O3/c1-11(2)23-21(27)16-7-4-13(10-19(16)25)17-8-14(9-18(22)12(17)3)20(26)24-15-5-6-15/h4,7-11,15,25H,5-6H2,1-3H3,(H,23,27)(H,24,26). The van der Waals surface area contributed by atoms with E-state index in [1.165, 1.54) is 18.2 Å². The first-order valence-corrected chi connectivity index (χ1v) is 9.01. The van der Waals surface area contributed by atoms with Crippen LogP contribution in [0, 0.1) is 12.7 Å². The molecule has 1 saturated carbocycles. The van der Waals surface area contributed by atoms with E-state index in [9.17, 15) is 19.1 Å². The van der Waals surface area contributed by atoms with Crippen LogP contribution in [0.4, 0.5) is 4.39 Å². The van der Waals surface area contributed by atoms with Crippen LogP contribution in [0.3, 0.4) is 0 Å². The molecule has 0 unspecified atom stereocenters. The number of phenolic OH excluding ortho intramolecular Hbond substituents is 1. The van der Waals surface area contributed by atoms with E-state index in [1.54, 1.807) is 19.1 Å². The number of benzene rings is 2. The highest BCUT2D eigenvalue weighted by Gasteiger charge is 2.25. The van der Waals surface area contributed by atoms with Crippen LogP contribution in [-0.2, 0) is 0 Å². The Kier molecular flexibility index (Phi) is 5.17. The molecular formula is C21H23FN2O3. The van der Waals surface area contributed by atoms with Crippen molar-refractivity contribution in [3.8, 4) is 16.9 Å². The average Bonchev–Trinajstić information content (AvgIpc) is 3.40. The molecule has 0 heterocycles. The van der Waals surface area contributed by atoms with Gasteiger partial charge in [0, 0.05) is 17.6 Å². The fraction of sp³-hybridized carbons (Fsp3) is 0.333. The molecule has 3 N–H and O–H groups in total. The molecular weight excluding hydrogens is 347 g/mol. The van der Waals surface area contributed by atoms with E-state index >= 15 is 0 Å². The molecule has 0 atom stereocenters. The Morgan fingerprint density at radius 3 is 2.44 bits per heavy atom. The number of hydrogen-bond donors (Lipinski definition) is 3. The van der Waals surface area contributed by atoms with Crippen molar-refractivity contribution in [3.63, 3.8) is 0 Å². The van der Waals surface area contributed by atoms with Gasteiger partial charge in [-0.2, -0.15) is 0 Å². The zero-order valence-corrected chi connectivity index (χ0v) is 15.6. The normalized spacial score (nSPS) is 13.5. The molecule has 27 heavy (non-hydrogen) atoms. The van der Waals surface area contributed by atoms with Crippen molar-refractivity contribution < 1.29 is 19.1 Å². The largest absolute Gasteiger partial charge is 0.507 e. The topological polar surface area (TPSA) is 78.4 Å². The number of phenols is 1. The molecule has 1 fully saturated rings. The van der Waals surface area contributed by atoms with Crippen LogP contribution < -0.4 is 10.6 Å². The summed E-state index contributed by atoms with van der Waals surface area (Å²) in [5, 5.41) is 15.8. The van der Waals surface area contributed by atoms with E-state index in [-0.39, 0.29) is 40.8 Å². The summed E-state index contributed by atoms with van der Waals surface area (Å²) in [5.74, 6) is -1.38. The van der Waals surface area contributed by atoms with Crippen LogP contribution in [0.15, 0.2) is 30.3 Å². The number of carbonyl (C=O) groups excluding carboxylic acids is 2. The highest BCUT2D eigenvalue weighted by Crippen LogP contribution is 2.31. The van der Waals surface area contributed by atoms with Crippen molar-refractivity contribution in [2.24, 2.45) is 0 Å². The maximum absolute atomic E-state index is 14.4. The van der Waals surface area contributed by atoms with Gasteiger partial charge in [-0.25, -0.2) is 4.39 Å². The first-order chi connectivity index (χ1) is 12.8. The Hall–Kier alpha value is -2.89. The van der Waals surface area contributed by atoms with Crippen molar-refractivity contribution in [1.82, 2.24) is 10.6 Å². The predicted octanol–water partition coefficient (Wildman–Crippen LogP) is 3.54. The number of nitrogens with one attached hydrogen (secondary N) is 2. The van der Waals surface area contributed by atoms with E-state index in [0.29, 0.717) is 16.7 Å².